The van der Waals surface area contributed by atoms with Crippen LogP contribution in [0, 0.1) is 13.8 Å². The standard InChI is InChI=1S/C25H23N5S/c1-17-14-18(2)16-20(15-17)30-24(23(28-25(30)31)21-6-3-4-10-27-21)22-7-5-13-29(22)19-8-11-26-12-9-19/h3-16,23-24H,1-2H3,(H,28,31)/t23-,24+/m0/s1. The number of nitrogens with zero attached hydrogens (tertiary/aromatic N) is 4. The molecule has 2 atom stereocenters. The number of nitrogens with one attached hydrogen (secondary N) is 1. The monoisotopic (exact) mass is 425 g/mol. The molecule has 1 aliphatic heterocycles. The Labute approximate surface area is 187 Å². The molecule has 4 heterocycles. The second-order valence-electron chi connectivity index (χ2n) is 7.85. The Morgan fingerprint density at radius 2 is 1.65 bits per heavy atom. The van der Waals surface area contributed by atoms with Gasteiger partial charge in [0, 0.05) is 41.9 Å². The average Bonchev–Trinajstić information content (AvgIpc) is 3.38. The zero-order valence-corrected chi connectivity index (χ0v) is 18.3. The normalized spacial score (nSPS) is 18.3. The third-order valence-electron chi connectivity index (χ3n) is 5.61. The van der Waals surface area contributed by atoms with Gasteiger partial charge in [-0.1, -0.05) is 12.1 Å². The van der Waals surface area contributed by atoms with Crippen LogP contribution < -0.4 is 10.2 Å². The van der Waals surface area contributed by atoms with E-state index in [1.807, 2.05) is 42.9 Å². The van der Waals surface area contributed by atoms with Crippen molar-refractivity contribution in [3.63, 3.8) is 0 Å². The molecule has 0 saturated carbocycles. The van der Waals surface area contributed by atoms with E-state index < -0.39 is 0 Å². The molecule has 1 saturated heterocycles. The van der Waals surface area contributed by atoms with E-state index >= 15 is 0 Å². The molecule has 0 bridgehead atoms. The van der Waals surface area contributed by atoms with Gasteiger partial charge >= 0.3 is 0 Å². The minimum atomic E-state index is -0.0787. The predicted octanol–water partition coefficient (Wildman–Crippen LogP) is 5.06. The summed E-state index contributed by atoms with van der Waals surface area (Å²) in [5, 5.41) is 4.25. The maximum absolute atomic E-state index is 5.86. The van der Waals surface area contributed by atoms with Crippen LogP contribution in [0.25, 0.3) is 5.69 Å². The van der Waals surface area contributed by atoms with E-state index in [0.29, 0.717) is 5.11 Å². The number of hydrogen-bond donors (Lipinski definition) is 1. The van der Waals surface area contributed by atoms with Crippen molar-refractivity contribution in [3.05, 3.63) is 108 Å². The number of benzene rings is 1. The van der Waals surface area contributed by atoms with E-state index in [1.54, 1.807) is 0 Å². The lowest BCUT2D eigenvalue weighted by molar-refractivity contribution is 0.549. The molecule has 1 aromatic carbocycles. The summed E-state index contributed by atoms with van der Waals surface area (Å²) >= 11 is 5.86. The third-order valence-corrected chi connectivity index (χ3v) is 5.92. The summed E-state index contributed by atoms with van der Waals surface area (Å²) in [7, 11) is 0. The number of pyridine rings is 2. The highest BCUT2D eigenvalue weighted by molar-refractivity contribution is 7.80. The highest BCUT2D eigenvalue weighted by Gasteiger charge is 2.42. The summed E-state index contributed by atoms with van der Waals surface area (Å²) < 4.78 is 2.20. The van der Waals surface area contributed by atoms with E-state index in [2.05, 4.69) is 81.2 Å². The maximum Gasteiger partial charge on any atom is 0.174 e. The summed E-state index contributed by atoms with van der Waals surface area (Å²) in [6.07, 6.45) is 7.54. The Balaban J connectivity index is 1.69. The van der Waals surface area contributed by atoms with Crippen molar-refractivity contribution in [2.24, 2.45) is 0 Å². The van der Waals surface area contributed by atoms with Gasteiger partial charge in [0.25, 0.3) is 0 Å². The Hall–Kier alpha value is -3.51. The molecule has 31 heavy (non-hydrogen) atoms. The number of aryl methyl sites for hydroxylation is 2. The Morgan fingerprint density at radius 3 is 2.35 bits per heavy atom. The van der Waals surface area contributed by atoms with E-state index in [4.69, 9.17) is 12.2 Å². The van der Waals surface area contributed by atoms with Gasteiger partial charge in [0.1, 0.15) is 6.04 Å². The number of thiocarbonyl (C=S) groups is 1. The number of anilines is 1. The van der Waals surface area contributed by atoms with Crippen molar-refractivity contribution in [2.45, 2.75) is 25.9 Å². The van der Waals surface area contributed by atoms with Crippen LogP contribution in [-0.4, -0.2) is 19.6 Å². The van der Waals surface area contributed by atoms with Crippen molar-refractivity contribution < 1.29 is 0 Å². The van der Waals surface area contributed by atoms with Crippen LogP contribution in [0.1, 0.15) is 34.6 Å². The molecule has 0 unspecified atom stereocenters. The van der Waals surface area contributed by atoms with Crippen LogP contribution in [-0.2, 0) is 0 Å². The number of aromatic nitrogens is 3. The van der Waals surface area contributed by atoms with Crippen molar-refractivity contribution in [3.8, 4) is 5.69 Å². The lowest BCUT2D eigenvalue weighted by Gasteiger charge is -2.29. The zero-order chi connectivity index (χ0) is 21.4. The van der Waals surface area contributed by atoms with Gasteiger partial charge in [-0.2, -0.15) is 0 Å². The van der Waals surface area contributed by atoms with Crippen LogP contribution in [0.2, 0.25) is 0 Å². The lowest BCUT2D eigenvalue weighted by Crippen LogP contribution is -2.30. The molecule has 1 fully saturated rings. The van der Waals surface area contributed by atoms with E-state index in [0.717, 1.165) is 22.8 Å². The predicted molar refractivity (Wildman–Crippen MR) is 127 cm³/mol. The minimum absolute atomic E-state index is 0.0632. The van der Waals surface area contributed by atoms with Gasteiger partial charge in [-0.3, -0.25) is 9.97 Å². The van der Waals surface area contributed by atoms with Crippen molar-refractivity contribution in [2.75, 3.05) is 4.90 Å². The fourth-order valence-electron chi connectivity index (χ4n) is 4.40. The summed E-state index contributed by atoms with van der Waals surface area (Å²) in [4.78, 5) is 11.0. The van der Waals surface area contributed by atoms with Gasteiger partial charge in [0.05, 0.1) is 11.7 Å². The largest absolute Gasteiger partial charge is 0.351 e. The molecule has 0 amide bonds. The second-order valence-corrected chi connectivity index (χ2v) is 8.24. The molecule has 0 aliphatic carbocycles. The van der Waals surface area contributed by atoms with Gasteiger partial charge in [0.15, 0.2) is 5.11 Å². The van der Waals surface area contributed by atoms with E-state index in [9.17, 15) is 0 Å². The van der Waals surface area contributed by atoms with Crippen LogP contribution in [0.15, 0.2) is 85.5 Å². The summed E-state index contributed by atoms with van der Waals surface area (Å²) in [5.41, 5.74) is 6.66. The second kappa shape index (κ2) is 7.96. The fourth-order valence-corrected chi connectivity index (χ4v) is 4.74. The Kier molecular flexibility index (Phi) is 5.00. The van der Waals surface area contributed by atoms with Crippen LogP contribution >= 0.6 is 12.2 Å². The molecule has 0 spiro atoms. The smallest absolute Gasteiger partial charge is 0.174 e. The fraction of sp³-hybridized carbons (Fsp3) is 0.160. The first kappa shape index (κ1) is 19.5. The molecular weight excluding hydrogens is 402 g/mol. The highest BCUT2D eigenvalue weighted by Crippen LogP contribution is 2.42. The molecule has 3 aromatic heterocycles. The molecule has 6 heteroatoms. The minimum Gasteiger partial charge on any atom is -0.351 e. The van der Waals surface area contributed by atoms with Gasteiger partial charge in [-0.25, -0.2) is 0 Å². The SMILES string of the molecule is Cc1cc(C)cc(N2C(=S)N[C@@H](c3ccccn3)[C@H]2c2cccn2-c2ccncc2)c1. The molecule has 1 aliphatic rings. The summed E-state index contributed by atoms with van der Waals surface area (Å²) in [6.45, 7) is 4.24. The van der Waals surface area contributed by atoms with Crippen molar-refractivity contribution in [1.29, 1.82) is 0 Å². The molecule has 154 valence electrons. The highest BCUT2D eigenvalue weighted by atomic mass is 32.1. The van der Waals surface area contributed by atoms with Crippen LogP contribution in [0.4, 0.5) is 5.69 Å². The zero-order valence-electron chi connectivity index (χ0n) is 17.4. The third kappa shape index (κ3) is 3.59. The first-order valence-corrected chi connectivity index (χ1v) is 10.7. The van der Waals surface area contributed by atoms with Crippen molar-refractivity contribution in [1.82, 2.24) is 19.9 Å². The summed E-state index contributed by atoms with van der Waals surface area (Å²) in [5.74, 6) is 0. The molecule has 0 radical (unpaired) electrons. The first-order chi connectivity index (χ1) is 15.1. The van der Waals surface area contributed by atoms with Crippen LogP contribution in [0.3, 0.4) is 0 Å². The molecular formula is C25H23N5S. The lowest BCUT2D eigenvalue weighted by atomic mass is 10.00. The molecule has 5 nitrogen and oxygen atoms in total. The molecule has 4 aromatic rings. The topological polar surface area (TPSA) is 46.0 Å². The Morgan fingerprint density at radius 1 is 0.871 bits per heavy atom. The molecule has 5 rings (SSSR count). The van der Waals surface area contributed by atoms with E-state index in [-0.39, 0.29) is 12.1 Å². The Bertz CT molecular complexity index is 1200. The summed E-state index contributed by atoms with van der Waals surface area (Å²) in [6, 6.07) is 20.7. The van der Waals surface area contributed by atoms with Crippen molar-refractivity contribution >= 4 is 23.0 Å². The van der Waals surface area contributed by atoms with Crippen LogP contribution in [0.5, 0.6) is 0 Å². The quantitative estimate of drug-likeness (QED) is 0.463. The van der Waals surface area contributed by atoms with Gasteiger partial charge in [-0.05, 0) is 85.7 Å². The number of rotatable bonds is 4. The molecule has 1 N–H and O–H groups in total. The number of hydrogen-bond acceptors (Lipinski definition) is 3. The van der Waals surface area contributed by atoms with Gasteiger partial charge in [0.2, 0.25) is 0 Å². The van der Waals surface area contributed by atoms with Gasteiger partial charge < -0.3 is 14.8 Å². The van der Waals surface area contributed by atoms with Gasteiger partial charge in [-0.15, -0.1) is 0 Å². The maximum atomic E-state index is 5.86. The average molecular weight is 426 g/mol. The first-order valence-electron chi connectivity index (χ1n) is 10.3. The van der Waals surface area contributed by atoms with E-state index in [1.165, 1.54) is 11.1 Å².